The van der Waals surface area contributed by atoms with Crippen molar-refractivity contribution in [2.45, 2.75) is 0 Å². The first-order valence-corrected chi connectivity index (χ1v) is 9.38. The molecular weight excluding hydrogens is 420 g/mol. The summed E-state index contributed by atoms with van der Waals surface area (Å²) in [6, 6.07) is 8.43. The van der Waals surface area contributed by atoms with E-state index in [4.69, 9.17) is 9.47 Å². The smallest absolute Gasteiger partial charge is 0.258 e. The lowest BCUT2D eigenvalue weighted by Gasteiger charge is -2.11. The normalized spacial score (nSPS) is 9.88. The van der Waals surface area contributed by atoms with Crippen molar-refractivity contribution < 1.29 is 38.2 Å². The van der Waals surface area contributed by atoms with Crippen LogP contribution in [0.1, 0.15) is 41.4 Å². The Hall–Kier alpha value is -4.34. The summed E-state index contributed by atoms with van der Waals surface area (Å²) < 4.78 is 10.6. The van der Waals surface area contributed by atoms with Crippen LogP contribution in [0.3, 0.4) is 0 Å². The topological polar surface area (TPSA) is 145 Å². The van der Waals surface area contributed by atoms with E-state index in [1.54, 1.807) is 0 Å². The number of benzene rings is 2. The molecule has 0 saturated carbocycles. The molecule has 166 valence electrons. The minimum Gasteiger partial charge on any atom is -0.483 e. The van der Waals surface area contributed by atoms with Gasteiger partial charge in [-0.05, 0) is 24.3 Å². The minimum atomic E-state index is -0.495. The van der Waals surface area contributed by atoms with E-state index >= 15 is 0 Å². The lowest BCUT2D eigenvalue weighted by Crippen LogP contribution is -2.38. The lowest BCUT2D eigenvalue weighted by molar-refractivity contribution is -0.124. The molecule has 2 aromatic carbocycles. The van der Waals surface area contributed by atoms with Crippen LogP contribution in [-0.4, -0.2) is 63.3 Å². The molecule has 0 aliphatic heterocycles. The molecule has 2 N–H and O–H groups in total. The Bertz CT molecular complexity index is 937. The van der Waals surface area contributed by atoms with Crippen LogP contribution < -0.4 is 20.1 Å². The molecule has 0 atom stereocenters. The highest BCUT2D eigenvalue weighted by atomic mass is 16.5. The average molecular weight is 440 g/mol. The van der Waals surface area contributed by atoms with E-state index in [1.807, 2.05) is 0 Å². The third kappa shape index (κ3) is 7.17. The second-order valence-corrected chi connectivity index (χ2v) is 6.34. The van der Waals surface area contributed by atoms with E-state index in [0.717, 1.165) is 0 Å². The SMILES string of the molecule is O=Cc1ccc(C=O)c(OCC(=O)NCCNC(=O)COc2cc(C=O)ccc2C=O)c1. The number of hydrogen-bond donors (Lipinski definition) is 2. The second-order valence-electron chi connectivity index (χ2n) is 6.34. The van der Waals surface area contributed by atoms with Crippen LogP contribution in [0.25, 0.3) is 0 Å². The molecule has 0 fully saturated rings. The number of ether oxygens (including phenoxy) is 2. The van der Waals surface area contributed by atoms with E-state index in [9.17, 15) is 28.8 Å². The number of aldehydes is 4. The van der Waals surface area contributed by atoms with Gasteiger partial charge in [0.25, 0.3) is 11.8 Å². The van der Waals surface area contributed by atoms with Crippen molar-refractivity contribution in [2.24, 2.45) is 0 Å². The highest BCUT2D eigenvalue weighted by molar-refractivity contribution is 5.85. The summed E-state index contributed by atoms with van der Waals surface area (Å²) in [5, 5.41) is 5.04. The molecule has 0 bridgehead atoms. The largest absolute Gasteiger partial charge is 0.483 e. The Morgan fingerprint density at radius 3 is 1.41 bits per heavy atom. The Morgan fingerprint density at radius 1 is 0.656 bits per heavy atom. The van der Waals surface area contributed by atoms with Gasteiger partial charge in [-0.3, -0.25) is 28.8 Å². The van der Waals surface area contributed by atoms with Crippen molar-refractivity contribution in [1.29, 1.82) is 0 Å². The van der Waals surface area contributed by atoms with Crippen LogP contribution in [0.5, 0.6) is 11.5 Å². The van der Waals surface area contributed by atoms with Crippen molar-refractivity contribution in [2.75, 3.05) is 26.3 Å². The molecule has 0 aromatic heterocycles. The molecule has 10 heteroatoms. The summed E-state index contributed by atoms with van der Waals surface area (Å²) in [6.07, 6.45) is 2.28. The van der Waals surface area contributed by atoms with Crippen molar-refractivity contribution in [3.05, 3.63) is 58.7 Å². The molecule has 32 heavy (non-hydrogen) atoms. The van der Waals surface area contributed by atoms with E-state index in [0.29, 0.717) is 36.3 Å². The Balaban J connectivity index is 1.71. The van der Waals surface area contributed by atoms with E-state index < -0.39 is 11.8 Å². The first-order chi connectivity index (χ1) is 15.5. The minimum absolute atomic E-state index is 0.100. The van der Waals surface area contributed by atoms with E-state index in [-0.39, 0.29) is 48.9 Å². The predicted molar refractivity (Wildman–Crippen MR) is 111 cm³/mol. The summed E-state index contributed by atoms with van der Waals surface area (Å²) in [5.41, 5.74) is 1.00. The molecular formula is C22H20N2O8. The molecule has 0 aliphatic carbocycles. The van der Waals surface area contributed by atoms with Crippen LogP contribution in [-0.2, 0) is 9.59 Å². The van der Waals surface area contributed by atoms with Gasteiger partial charge in [0.2, 0.25) is 0 Å². The van der Waals surface area contributed by atoms with Gasteiger partial charge in [0, 0.05) is 24.2 Å². The van der Waals surface area contributed by atoms with Gasteiger partial charge in [-0.15, -0.1) is 0 Å². The third-order valence-corrected chi connectivity index (χ3v) is 4.09. The van der Waals surface area contributed by atoms with Gasteiger partial charge >= 0.3 is 0 Å². The predicted octanol–water partition coefficient (Wildman–Crippen LogP) is 0.627. The molecule has 0 radical (unpaired) electrons. The second kappa shape index (κ2) is 12.4. The van der Waals surface area contributed by atoms with E-state index in [1.165, 1.54) is 36.4 Å². The van der Waals surface area contributed by atoms with Gasteiger partial charge in [0.15, 0.2) is 25.8 Å². The lowest BCUT2D eigenvalue weighted by atomic mass is 10.1. The molecule has 10 nitrogen and oxygen atoms in total. The molecule has 2 rings (SSSR count). The first-order valence-electron chi connectivity index (χ1n) is 9.38. The standard InChI is InChI=1S/C22H20N2O8/c25-9-15-1-3-17(11-27)19(7-15)31-13-21(29)23-5-6-24-22(30)14-32-20-8-16(10-26)2-4-18(20)12-28/h1-4,7-12H,5-6,13-14H2,(H,23,29)(H,24,30). The number of rotatable bonds is 13. The van der Waals surface area contributed by atoms with Crippen LogP contribution in [0.4, 0.5) is 0 Å². The Labute approximate surface area is 182 Å². The Morgan fingerprint density at radius 2 is 1.06 bits per heavy atom. The van der Waals surface area contributed by atoms with Crippen LogP contribution in [0.15, 0.2) is 36.4 Å². The molecule has 0 aliphatic rings. The van der Waals surface area contributed by atoms with Crippen LogP contribution >= 0.6 is 0 Å². The Kier molecular flexibility index (Phi) is 9.26. The van der Waals surface area contributed by atoms with Gasteiger partial charge in [-0.1, -0.05) is 12.1 Å². The molecule has 0 spiro atoms. The summed E-state index contributed by atoms with van der Waals surface area (Å²) in [6.45, 7) is -0.574. The number of carbonyl (C=O) groups excluding carboxylic acids is 6. The fraction of sp³-hybridized carbons (Fsp3) is 0.182. The molecule has 2 aromatic rings. The van der Waals surface area contributed by atoms with Crippen LogP contribution in [0, 0.1) is 0 Å². The summed E-state index contributed by atoms with van der Waals surface area (Å²) in [7, 11) is 0. The van der Waals surface area contributed by atoms with Gasteiger partial charge in [-0.2, -0.15) is 0 Å². The highest BCUT2D eigenvalue weighted by Gasteiger charge is 2.10. The van der Waals surface area contributed by atoms with Crippen LogP contribution in [0.2, 0.25) is 0 Å². The summed E-state index contributed by atoms with van der Waals surface area (Å²) in [4.78, 5) is 67.4. The zero-order chi connectivity index (χ0) is 23.3. The van der Waals surface area contributed by atoms with Crippen molar-refractivity contribution in [3.63, 3.8) is 0 Å². The zero-order valence-corrected chi connectivity index (χ0v) is 16.9. The maximum absolute atomic E-state index is 11.9. The molecule has 0 heterocycles. The molecule has 0 unspecified atom stereocenters. The van der Waals surface area contributed by atoms with Crippen molar-refractivity contribution >= 4 is 37.0 Å². The average Bonchev–Trinajstić information content (AvgIpc) is 2.83. The number of carbonyl (C=O) groups is 6. The van der Waals surface area contributed by atoms with Gasteiger partial charge in [0.1, 0.15) is 24.1 Å². The molecule has 2 amide bonds. The number of nitrogens with one attached hydrogen (secondary N) is 2. The zero-order valence-electron chi connectivity index (χ0n) is 16.9. The highest BCUT2D eigenvalue weighted by Crippen LogP contribution is 2.19. The number of amides is 2. The maximum Gasteiger partial charge on any atom is 0.258 e. The summed E-state index contributed by atoms with van der Waals surface area (Å²) in [5.74, 6) is -0.771. The fourth-order valence-corrected chi connectivity index (χ4v) is 2.49. The first kappa shape index (κ1) is 23.9. The third-order valence-electron chi connectivity index (χ3n) is 4.09. The maximum atomic E-state index is 11.9. The van der Waals surface area contributed by atoms with Gasteiger partial charge in [0.05, 0.1) is 11.1 Å². The fourth-order valence-electron chi connectivity index (χ4n) is 2.49. The van der Waals surface area contributed by atoms with Gasteiger partial charge in [-0.25, -0.2) is 0 Å². The number of hydrogen-bond acceptors (Lipinski definition) is 8. The quantitative estimate of drug-likeness (QED) is 0.341. The van der Waals surface area contributed by atoms with Gasteiger partial charge < -0.3 is 20.1 Å². The monoisotopic (exact) mass is 440 g/mol. The summed E-state index contributed by atoms with van der Waals surface area (Å²) >= 11 is 0. The van der Waals surface area contributed by atoms with E-state index in [2.05, 4.69) is 10.6 Å². The van der Waals surface area contributed by atoms with Crippen molar-refractivity contribution in [1.82, 2.24) is 10.6 Å². The van der Waals surface area contributed by atoms with Crippen molar-refractivity contribution in [3.8, 4) is 11.5 Å². The molecule has 0 saturated heterocycles.